The lowest BCUT2D eigenvalue weighted by Gasteiger charge is -2.21. The van der Waals surface area contributed by atoms with Crippen LogP contribution in [0, 0.1) is 5.92 Å². The van der Waals surface area contributed by atoms with Gasteiger partial charge in [0.05, 0.1) is 0 Å². The first kappa shape index (κ1) is 15.3. The molecule has 2 rings (SSSR count). The van der Waals surface area contributed by atoms with E-state index in [1.54, 1.807) is 0 Å². The molecule has 1 aromatic heterocycles. The number of carboxylic acid groups (broad SMARTS) is 1. The minimum Gasteiger partial charge on any atom is -0.480 e. The van der Waals surface area contributed by atoms with Gasteiger partial charge in [-0.05, 0) is 24.5 Å². The highest BCUT2D eigenvalue weighted by Crippen LogP contribution is 2.28. The van der Waals surface area contributed by atoms with E-state index in [0.717, 1.165) is 18.7 Å². The first-order chi connectivity index (χ1) is 9.93. The second kappa shape index (κ2) is 6.15. The number of carbonyl (C=O) groups excluding carboxylic acids is 1. The van der Waals surface area contributed by atoms with E-state index in [2.05, 4.69) is 4.98 Å². The summed E-state index contributed by atoms with van der Waals surface area (Å²) in [5, 5.41) is 9.21. The highest BCUT2D eigenvalue weighted by atomic mass is 19.3. The number of halogens is 2. The Hall–Kier alpha value is -2.05. The molecule has 1 N–H and O–H groups in total. The number of pyridine rings is 1. The fourth-order valence-electron chi connectivity index (χ4n) is 2.54. The van der Waals surface area contributed by atoms with E-state index in [1.165, 1.54) is 11.0 Å². The Kier molecular flexibility index (Phi) is 4.50. The lowest BCUT2D eigenvalue weighted by atomic mass is 10.0. The number of nitrogens with zero attached hydrogens (tertiary/aromatic N) is 2. The lowest BCUT2D eigenvalue weighted by Crippen LogP contribution is -2.40. The van der Waals surface area contributed by atoms with Crippen molar-refractivity contribution >= 4 is 11.9 Å². The van der Waals surface area contributed by atoms with Crippen molar-refractivity contribution in [2.75, 3.05) is 6.54 Å². The van der Waals surface area contributed by atoms with E-state index in [0.29, 0.717) is 13.0 Å². The second-order valence-corrected chi connectivity index (χ2v) is 5.09. The van der Waals surface area contributed by atoms with Gasteiger partial charge in [0.15, 0.2) is 0 Å². The number of likely N-dealkylation sites (tertiary alicyclic amines) is 1. The largest absolute Gasteiger partial charge is 0.480 e. The van der Waals surface area contributed by atoms with Gasteiger partial charge in [0.1, 0.15) is 11.7 Å². The quantitative estimate of drug-likeness (QED) is 0.926. The number of aromatic nitrogens is 1. The molecule has 0 saturated carbocycles. The Morgan fingerprint density at radius 3 is 2.81 bits per heavy atom. The van der Waals surface area contributed by atoms with Gasteiger partial charge in [-0.15, -0.1) is 0 Å². The average molecular weight is 298 g/mol. The summed E-state index contributed by atoms with van der Waals surface area (Å²) < 4.78 is 25.3. The zero-order chi connectivity index (χ0) is 15.6. The van der Waals surface area contributed by atoms with Crippen molar-refractivity contribution in [2.45, 2.75) is 32.2 Å². The monoisotopic (exact) mass is 298 g/mol. The standard InChI is InChI=1S/C14H16F2N2O3/c1-2-8-5-11(14(20)21)18(7-8)13(19)9-3-4-17-10(6-9)12(15)16/h3-4,6,8,11-12H,2,5,7H2,1H3,(H,20,21)/t8-,11-/m1/s1. The Bertz CT molecular complexity index is 551. The van der Waals surface area contributed by atoms with Crippen LogP contribution < -0.4 is 0 Å². The van der Waals surface area contributed by atoms with Crippen molar-refractivity contribution in [3.8, 4) is 0 Å². The molecule has 1 aliphatic rings. The summed E-state index contributed by atoms with van der Waals surface area (Å²) in [7, 11) is 0. The highest BCUT2D eigenvalue weighted by molar-refractivity contribution is 5.97. The van der Waals surface area contributed by atoms with Crippen molar-refractivity contribution in [1.29, 1.82) is 0 Å². The number of hydrogen-bond acceptors (Lipinski definition) is 3. The van der Waals surface area contributed by atoms with Crippen molar-refractivity contribution in [2.24, 2.45) is 5.92 Å². The zero-order valence-electron chi connectivity index (χ0n) is 11.5. The number of carboxylic acids is 1. The van der Waals surface area contributed by atoms with E-state index in [4.69, 9.17) is 0 Å². The molecule has 1 fully saturated rings. The van der Waals surface area contributed by atoms with E-state index >= 15 is 0 Å². The predicted octanol–water partition coefficient (Wildman–Crippen LogP) is 2.34. The summed E-state index contributed by atoms with van der Waals surface area (Å²) in [6, 6.07) is 1.45. The van der Waals surface area contributed by atoms with Gasteiger partial charge in [-0.1, -0.05) is 13.3 Å². The molecule has 2 heterocycles. The van der Waals surface area contributed by atoms with E-state index < -0.39 is 30.0 Å². The fourth-order valence-corrected chi connectivity index (χ4v) is 2.54. The average Bonchev–Trinajstić information content (AvgIpc) is 2.91. The normalized spacial score (nSPS) is 21.8. The molecule has 1 saturated heterocycles. The molecule has 7 heteroatoms. The molecule has 21 heavy (non-hydrogen) atoms. The number of carbonyl (C=O) groups is 2. The molecular formula is C14H16F2N2O3. The maximum atomic E-state index is 12.6. The van der Waals surface area contributed by atoms with Gasteiger partial charge >= 0.3 is 5.97 Å². The molecule has 0 spiro atoms. The van der Waals surface area contributed by atoms with Crippen LogP contribution in [0.3, 0.4) is 0 Å². The fraction of sp³-hybridized carbons (Fsp3) is 0.500. The highest BCUT2D eigenvalue weighted by Gasteiger charge is 2.39. The summed E-state index contributed by atoms with van der Waals surface area (Å²) in [5.74, 6) is -1.49. The van der Waals surface area contributed by atoms with E-state index in [9.17, 15) is 23.5 Å². The van der Waals surface area contributed by atoms with Gasteiger partial charge in [-0.3, -0.25) is 9.78 Å². The minimum absolute atomic E-state index is 0.0447. The lowest BCUT2D eigenvalue weighted by molar-refractivity contribution is -0.141. The third-order valence-electron chi connectivity index (χ3n) is 3.76. The van der Waals surface area contributed by atoms with Crippen LogP contribution in [-0.4, -0.2) is 39.5 Å². The zero-order valence-corrected chi connectivity index (χ0v) is 11.5. The summed E-state index contributed by atoms with van der Waals surface area (Å²) >= 11 is 0. The van der Waals surface area contributed by atoms with Crippen molar-refractivity contribution in [3.05, 3.63) is 29.6 Å². The Balaban J connectivity index is 2.25. The molecule has 2 atom stereocenters. The van der Waals surface area contributed by atoms with Gasteiger partial charge in [-0.25, -0.2) is 13.6 Å². The van der Waals surface area contributed by atoms with Crippen LogP contribution in [-0.2, 0) is 4.79 Å². The summed E-state index contributed by atoms with van der Waals surface area (Å²) in [5.41, 5.74) is -0.442. The van der Waals surface area contributed by atoms with Crippen LogP contribution in [0.2, 0.25) is 0 Å². The van der Waals surface area contributed by atoms with Crippen LogP contribution in [0.5, 0.6) is 0 Å². The van der Waals surface area contributed by atoms with Crippen LogP contribution in [0.4, 0.5) is 8.78 Å². The summed E-state index contributed by atoms with van der Waals surface area (Å²) in [4.78, 5) is 28.4. The van der Waals surface area contributed by atoms with E-state index in [1.807, 2.05) is 6.92 Å². The van der Waals surface area contributed by atoms with Gasteiger partial charge < -0.3 is 10.0 Å². The molecular weight excluding hydrogens is 282 g/mol. The Labute approximate surface area is 120 Å². The molecule has 5 nitrogen and oxygen atoms in total. The smallest absolute Gasteiger partial charge is 0.326 e. The van der Waals surface area contributed by atoms with Crippen LogP contribution in [0.1, 0.15) is 42.2 Å². The molecule has 1 amide bonds. The molecule has 0 radical (unpaired) electrons. The SMILES string of the molecule is CC[C@@H]1C[C@H](C(=O)O)N(C(=O)c2ccnc(C(F)F)c2)C1. The number of hydrogen-bond donors (Lipinski definition) is 1. The maximum absolute atomic E-state index is 12.6. The number of amides is 1. The Morgan fingerprint density at radius 2 is 2.24 bits per heavy atom. The van der Waals surface area contributed by atoms with Crippen molar-refractivity contribution in [3.63, 3.8) is 0 Å². The van der Waals surface area contributed by atoms with Gasteiger partial charge in [0, 0.05) is 18.3 Å². The van der Waals surface area contributed by atoms with Gasteiger partial charge in [0.25, 0.3) is 12.3 Å². The van der Waals surface area contributed by atoms with Crippen LogP contribution >= 0.6 is 0 Å². The maximum Gasteiger partial charge on any atom is 0.326 e. The Morgan fingerprint density at radius 1 is 1.52 bits per heavy atom. The molecule has 1 aliphatic heterocycles. The number of rotatable bonds is 4. The summed E-state index contributed by atoms with van der Waals surface area (Å²) in [6.45, 7) is 2.26. The van der Waals surface area contributed by atoms with Gasteiger partial charge in [-0.2, -0.15) is 0 Å². The van der Waals surface area contributed by atoms with Crippen molar-refractivity contribution < 1.29 is 23.5 Å². The molecule has 0 aromatic carbocycles. The summed E-state index contributed by atoms with van der Waals surface area (Å²) in [6.07, 6.45) is -0.469. The second-order valence-electron chi connectivity index (χ2n) is 5.09. The topological polar surface area (TPSA) is 70.5 Å². The number of aliphatic carboxylic acids is 1. The van der Waals surface area contributed by atoms with Crippen molar-refractivity contribution in [1.82, 2.24) is 9.88 Å². The molecule has 0 aliphatic carbocycles. The first-order valence-corrected chi connectivity index (χ1v) is 6.71. The predicted molar refractivity (Wildman–Crippen MR) is 70.1 cm³/mol. The van der Waals surface area contributed by atoms with Crippen LogP contribution in [0.15, 0.2) is 18.3 Å². The first-order valence-electron chi connectivity index (χ1n) is 6.71. The minimum atomic E-state index is -2.77. The molecule has 114 valence electrons. The molecule has 1 aromatic rings. The van der Waals surface area contributed by atoms with Crippen LogP contribution in [0.25, 0.3) is 0 Å². The molecule has 0 unspecified atom stereocenters. The number of alkyl halides is 2. The third kappa shape index (κ3) is 3.17. The molecule has 0 bridgehead atoms. The van der Waals surface area contributed by atoms with Gasteiger partial charge in [0.2, 0.25) is 0 Å². The van der Waals surface area contributed by atoms with E-state index in [-0.39, 0.29) is 11.5 Å². The third-order valence-corrected chi connectivity index (χ3v) is 3.76.